The van der Waals surface area contributed by atoms with Crippen LogP contribution >= 0.6 is 0 Å². The molecule has 0 radical (unpaired) electrons. The van der Waals surface area contributed by atoms with Gasteiger partial charge in [-0.15, -0.1) is 0 Å². The SMILES string of the molecule is CCNC(=NCCNC(=O)c1ccccc1)NCCn1cccc1. The average Bonchev–Trinajstić information content (AvgIpc) is 3.12. The van der Waals surface area contributed by atoms with E-state index in [2.05, 4.69) is 25.5 Å². The number of amides is 1. The van der Waals surface area contributed by atoms with E-state index in [4.69, 9.17) is 0 Å². The Morgan fingerprint density at radius 2 is 1.75 bits per heavy atom. The van der Waals surface area contributed by atoms with Gasteiger partial charge in [0.25, 0.3) is 5.91 Å². The minimum absolute atomic E-state index is 0.0728. The minimum atomic E-state index is -0.0728. The smallest absolute Gasteiger partial charge is 0.251 e. The molecule has 0 saturated heterocycles. The molecule has 0 fully saturated rings. The summed E-state index contributed by atoms with van der Waals surface area (Å²) in [7, 11) is 0. The Hall–Kier alpha value is -2.76. The first-order valence-corrected chi connectivity index (χ1v) is 8.26. The van der Waals surface area contributed by atoms with Gasteiger partial charge in [-0.1, -0.05) is 18.2 Å². The van der Waals surface area contributed by atoms with Crippen LogP contribution in [0.1, 0.15) is 17.3 Å². The molecule has 0 spiro atoms. The third-order valence-electron chi connectivity index (χ3n) is 3.38. The van der Waals surface area contributed by atoms with Crippen LogP contribution in [0.2, 0.25) is 0 Å². The van der Waals surface area contributed by atoms with E-state index in [9.17, 15) is 4.79 Å². The number of hydrogen-bond acceptors (Lipinski definition) is 2. The van der Waals surface area contributed by atoms with E-state index in [1.807, 2.05) is 49.6 Å². The summed E-state index contributed by atoms with van der Waals surface area (Å²) >= 11 is 0. The lowest BCUT2D eigenvalue weighted by molar-refractivity contribution is 0.0955. The summed E-state index contributed by atoms with van der Waals surface area (Å²) in [5.74, 6) is 0.690. The Balaban J connectivity index is 1.71. The maximum atomic E-state index is 11.9. The van der Waals surface area contributed by atoms with Crippen molar-refractivity contribution >= 4 is 11.9 Å². The van der Waals surface area contributed by atoms with Gasteiger partial charge in [0.2, 0.25) is 0 Å². The average molecular weight is 327 g/mol. The molecule has 0 atom stereocenters. The van der Waals surface area contributed by atoms with Crippen molar-refractivity contribution in [3.05, 3.63) is 60.4 Å². The fourth-order valence-corrected chi connectivity index (χ4v) is 2.19. The summed E-state index contributed by atoms with van der Waals surface area (Å²) in [6.45, 7) is 5.52. The fourth-order valence-electron chi connectivity index (χ4n) is 2.19. The molecular weight excluding hydrogens is 302 g/mol. The number of rotatable bonds is 8. The van der Waals surface area contributed by atoms with Crippen LogP contribution in [0.25, 0.3) is 0 Å². The molecule has 1 aromatic heterocycles. The lowest BCUT2D eigenvalue weighted by atomic mass is 10.2. The molecule has 24 heavy (non-hydrogen) atoms. The first-order chi connectivity index (χ1) is 11.8. The highest BCUT2D eigenvalue weighted by molar-refractivity contribution is 5.94. The predicted molar refractivity (Wildman–Crippen MR) is 97.2 cm³/mol. The Morgan fingerprint density at radius 3 is 2.46 bits per heavy atom. The molecule has 6 heteroatoms. The van der Waals surface area contributed by atoms with E-state index < -0.39 is 0 Å². The maximum absolute atomic E-state index is 11.9. The molecule has 1 amide bonds. The first-order valence-electron chi connectivity index (χ1n) is 8.26. The Kier molecular flexibility index (Phi) is 7.40. The fraction of sp³-hybridized carbons (Fsp3) is 0.333. The number of guanidine groups is 1. The predicted octanol–water partition coefficient (Wildman–Crippen LogP) is 1.47. The van der Waals surface area contributed by atoms with E-state index in [1.54, 1.807) is 12.1 Å². The zero-order valence-electron chi connectivity index (χ0n) is 14.0. The highest BCUT2D eigenvalue weighted by Gasteiger charge is 2.02. The van der Waals surface area contributed by atoms with Crippen molar-refractivity contribution in [1.29, 1.82) is 0 Å². The van der Waals surface area contributed by atoms with E-state index in [1.165, 1.54) is 0 Å². The molecule has 2 aromatic rings. The van der Waals surface area contributed by atoms with Gasteiger partial charge < -0.3 is 20.5 Å². The van der Waals surface area contributed by atoms with Gasteiger partial charge in [0.05, 0.1) is 6.54 Å². The number of aliphatic imine (C=N–C) groups is 1. The molecule has 3 N–H and O–H groups in total. The molecule has 128 valence electrons. The van der Waals surface area contributed by atoms with Crippen molar-refractivity contribution in [3.63, 3.8) is 0 Å². The molecule has 0 aliphatic carbocycles. The standard InChI is InChI=1S/C18H25N5O/c1-2-19-18(22-12-15-23-13-6-7-14-23)21-11-10-20-17(24)16-8-4-3-5-9-16/h3-9,13-14H,2,10-12,15H2,1H3,(H,20,24)(H2,19,21,22). The number of carbonyl (C=O) groups is 1. The zero-order chi connectivity index (χ0) is 17.0. The number of benzene rings is 1. The summed E-state index contributed by atoms with van der Waals surface area (Å²) < 4.78 is 2.11. The van der Waals surface area contributed by atoms with Crippen LogP contribution in [-0.4, -0.2) is 42.6 Å². The molecule has 1 aromatic carbocycles. The largest absolute Gasteiger partial charge is 0.357 e. The highest BCUT2D eigenvalue weighted by Crippen LogP contribution is 1.97. The van der Waals surface area contributed by atoms with Gasteiger partial charge in [-0.25, -0.2) is 0 Å². The third-order valence-corrected chi connectivity index (χ3v) is 3.38. The van der Waals surface area contributed by atoms with Gasteiger partial charge >= 0.3 is 0 Å². The van der Waals surface area contributed by atoms with Crippen molar-refractivity contribution in [1.82, 2.24) is 20.5 Å². The number of aromatic nitrogens is 1. The lowest BCUT2D eigenvalue weighted by Gasteiger charge is -2.12. The molecule has 0 bridgehead atoms. The molecule has 6 nitrogen and oxygen atoms in total. The third kappa shape index (κ3) is 6.16. The number of nitrogens with zero attached hydrogens (tertiary/aromatic N) is 2. The van der Waals surface area contributed by atoms with E-state index in [-0.39, 0.29) is 5.91 Å². The van der Waals surface area contributed by atoms with Crippen molar-refractivity contribution in [2.75, 3.05) is 26.2 Å². The normalized spacial score (nSPS) is 11.1. The second-order valence-corrected chi connectivity index (χ2v) is 5.23. The Morgan fingerprint density at radius 1 is 1.00 bits per heavy atom. The van der Waals surface area contributed by atoms with Gasteiger partial charge in [-0.3, -0.25) is 9.79 Å². The summed E-state index contributed by atoms with van der Waals surface area (Å²) in [6, 6.07) is 13.2. The lowest BCUT2D eigenvalue weighted by Crippen LogP contribution is -2.39. The van der Waals surface area contributed by atoms with E-state index >= 15 is 0 Å². The molecule has 0 aliphatic heterocycles. The molecule has 1 heterocycles. The van der Waals surface area contributed by atoms with Gasteiger partial charge in [0, 0.05) is 44.1 Å². The van der Waals surface area contributed by atoms with Crippen LogP contribution in [0.4, 0.5) is 0 Å². The molecular formula is C18H25N5O. The summed E-state index contributed by atoms with van der Waals surface area (Å²) in [5, 5.41) is 9.35. The monoisotopic (exact) mass is 327 g/mol. The topological polar surface area (TPSA) is 70.4 Å². The Labute approximate surface area is 143 Å². The number of nitrogens with one attached hydrogen (secondary N) is 3. The van der Waals surface area contributed by atoms with Gasteiger partial charge in [0.1, 0.15) is 0 Å². The van der Waals surface area contributed by atoms with Gasteiger partial charge in [-0.05, 0) is 31.2 Å². The van der Waals surface area contributed by atoms with Gasteiger partial charge in [0.15, 0.2) is 5.96 Å². The molecule has 0 saturated carbocycles. The van der Waals surface area contributed by atoms with Crippen molar-refractivity contribution in [2.45, 2.75) is 13.5 Å². The second-order valence-electron chi connectivity index (χ2n) is 5.23. The quantitative estimate of drug-likeness (QED) is 0.391. The zero-order valence-corrected chi connectivity index (χ0v) is 14.0. The van der Waals surface area contributed by atoms with Crippen LogP contribution in [-0.2, 0) is 6.54 Å². The van der Waals surface area contributed by atoms with Crippen LogP contribution in [0, 0.1) is 0 Å². The van der Waals surface area contributed by atoms with E-state index in [0.29, 0.717) is 18.7 Å². The maximum Gasteiger partial charge on any atom is 0.251 e. The van der Waals surface area contributed by atoms with Crippen molar-refractivity contribution in [2.24, 2.45) is 4.99 Å². The molecule has 0 aliphatic rings. The second kappa shape index (κ2) is 10.1. The Bertz CT molecular complexity index is 622. The first kappa shape index (κ1) is 17.6. The molecule has 2 rings (SSSR count). The van der Waals surface area contributed by atoms with Crippen LogP contribution in [0.3, 0.4) is 0 Å². The van der Waals surface area contributed by atoms with Crippen LogP contribution in [0.15, 0.2) is 59.9 Å². The van der Waals surface area contributed by atoms with E-state index in [0.717, 1.165) is 25.6 Å². The summed E-state index contributed by atoms with van der Waals surface area (Å²) in [5.41, 5.74) is 0.665. The van der Waals surface area contributed by atoms with Crippen molar-refractivity contribution < 1.29 is 4.79 Å². The highest BCUT2D eigenvalue weighted by atomic mass is 16.1. The van der Waals surface area contributed by atoms with Crippen LogP contribution < -0.4 is 16.0 Å². The van der Waals surface area contributed by atoms with Crippen LogP contribution in [0.5, 0.6) is 0 Å². The van der Waals surface area contributed by atoms with Crippen molar-refractivity contribution in [3.8, 4) is 0 Å². The summed E-state index contributed by atoms with van der Waals surface area (Å²) in [6.07, 6.45) is 4.07. The molecule has 0 unspecified atom stereocenters. The number of carbonyl (C=O) groups excluding carboxylic acids is 1. The minimum Gasteiger partial charge on any atom is -0.357 e. The number of hydrogen-bond donors (Lipinski definition) is 3. The van der Waals surface area contributed by atoms with Gasteiger partial charge in [-0.2, -0.15) is 0 Å². The summed E-state index contributed by atoms with van der Waals surface area (Å²) in [4.78, 5) is 16.4.